The molecule has 0 aromatic heterocycles. The van der Waals surface area contributed by atoms with Crippen molar-refractivity contribution in [2.75, 3.05) is 11.5 Å². The third-order valence-corrected chi connectivity index (χ3v) is 2.27. The first kappa shape index (κ1) is 9.81. The van der Waals surface area contributed by atoms with Gasteiger partial charge in [0.15, 0.2) is 0 Å². The molecule has 66 valence electrons. The lowest BCUT2D eigenvalue weighted by Gasteiger charge is -2.14. The van der Waals surface area contributed by atoms with Gasteiger partial charge in [-0.15, -0.1) is 0 Å². The summed E-state index contributed by atoms with van der Waals surface area (Å²) in [6, 6.07) is 9.72. The highest BCUT2D eigenvalue weighted by molar-refractivity contribution is 7.81. The van der Waals surface area contributed by atoms with Gasteiger partial charge in [0.1, 0.15) is 11.9 Å². The molecule has 0 radical (unpaired) electrons. The second kappa shape index (κ2) is 5.38. The molecule has 3 heteroatoms. The van der Waals surface area contributed by atoms with Crippen LogP contribution in [0.5, 0.6) is 5.75 Å². The first-order valence-electron chi connectivity index (χ1n) is 3.80. The minimum atomic E-state index is 0.0964. The van der Waals surface area contributed by atoms with E-state index < -0.39 is 0 Å². The minimum Gasteiger partial charge on any atom is -0.489 e. The summed E-state index contributed by atoms with van der Waals surface area (Å²) in [6.45, 7) is 0. The van der Waals surface area contributed by atoms with Crippen LogP contribution in [-0.2, 0) is 0 Å². The van der Waals surface area contributed by atoms with Gasteiger partial charge in [-0.05, 0) is 12.1 Å². The Kier molecular flexibility index (Phi) is 4.40. The van der Waals surface area contributed by atoms with E-state index in [0.717, 1.165) is 5.75 Å². The van der Waals surface area contributed by atoms with E-state index >= 15 is 0 Å². The Morgan fingerprint density at radius 1 is 1.08 bits per heavy atom. The van der Waals surface area contributed by atoms with Gasteiger partial charge in [0.2, 0.25) is 0 Å². The van der Waals surface area contributed by atoms with Crippen LogP contribution in [0.4, 0.5) is 0 Å². The molecule has 0 spiro atoms. The van der Waals surface area contributed by atoms with Gasteiger partial charge >= 0.3 is 0 Å². The van der Waals surface area contributed by atoms with Crippen LogP contribution in [0.3, 0.4) is 0 Å². The van der Waals surface area contributed by atoms with Crippen LogP contribution in [0, 0.1) is 0 Å². The zero-order chi connectivity index (χ0) is 8.81. The van der Waals surface area contributed by atoms with E-state index in [2.05, 4.69) is 25.3 Å². The van der Waals surface area contributed by atoms with Crippen molar-refractivity contribution in [2.24, 2.45) is 0 Å². The van der Waals surface area contributed by atoms with Crippen LogP contribution in [0.15, 0.2) is 30.3 Å². The second-order valence-electron chi connectivity index (χ2n) is 2.42. The summed E-state index contributed by atoms with van der Waals surface area (Å²) < 4.78 is 5.56. The lowest BCUT2D eigenvalue weighted by molar-refractivity contribution is 0.252. The predicted molar refractivity (Wildman–Crippen MR) is 58.6 cm³/mol. The maximum atomic E-state index is 5.56. The number of benzene rings is 1. The molecule has 0 saturated heterocycles. The van der Waals surface area contributed by atoms with Crippen molar-refractivity contribution in [2.45, 2.75) is 6.10 Å². The number of hydrogen-bond acceptors (Lipinski definition) is 3. The van der Waals surface area contributed by atoms with E-state index in [9.17, 15) is 0 Å². The Hall–Kier alpha value is -0.280. The molecule has 1 rings (SSSR count). The summed E-state index contributed by atoms with van der Waals surface area (Å²) in [5.74, 6) is 2.27. The monoisotopic (exact) mass is 200 g/mol. The first-order valence-corrected chi connectivity index (χ1v) is 5.06. The van der Waals surface area contributed by atoms with Gasteiger partial charge in [0.25, 0.3) is 0 Å². The van der Waals surface area contributed by atoms with Crippen molar-refractivity contribution in [1.82, 2.24) is 0 Å². The van der Waals surface area contributed by atoms with Crippen molar-refractivity contribution in [3.05, 3.63) is 30.3 Å². The lowest BCUT2D eigenvalue weighted by Crippen LogP contribution is -2.20. The molecule has 0 aliphatic carbocycles. The highest BCUT2D eigenvalue weighted by atomic mass is 32.1. The van der Waals surface area contributed by atoms with E-state index in [1.807, 2.05) is 30.3 Å². The Morgan fingerprint density at radius 2 is 1.67 bits per heavy atom. The molecule has 0 fully saturated rings. The molecule has 12 heavy (non-hydrogen) atoms. The van der Waals surface area contributed by atoms with Crippen LogP contribution in [0.25, 0.3) is 0 Å². The molecule has 0 unspecified atom stereocenters. The smallest absolute Gasteiger partial charge is 0.119 e. The Bertz CT molecular complexity index is 209. The van der Waals surface area contributed by atoms with Crippen LogP contribution in [0.2, 0.25) is 0 Å². The molecule has 0 bridgehead atoms. The molecule has 0 amide bonds. The van der Waals surface area contributed by atoms with Gasteiger partial charge in [0.05, 0.1) is 0 Å². The van der Waals surface area contributed by atoms with Gasteiger partial charge in [-0.1, -0.05) is 18.2 Å². The molecular formula is C9H12OS2. The van der Waals surface area contributed by atoms with Crippen molar-refractivity contribution in [1.29, 1.82) is 0 Å². The summed E-state index contributed by atoms with van der Waals surface area (Å²) in [4.78, 5) is 0. The Balaban J connectivity index is 2.51. The Labute approximate surface area is 83.9 Å². The van der Waals surface area contributed by atoms with Crippen molar-refractivity contribution >= 4 is 25.3 Å². The molecule has 0 atom stereocenters. The number of para-hydroxylation sites is 1. The zero-order valence-corrected chi connectivity index (χ0v) is 8.47. The first-order chi connectivity index (χ1) is 5.86. The third kappa shape index (κ3) is 2.99. The van der Waals surface area contributed by atoms with E-state index in [-0.39, 0.29) is 6.10 Å². The van der Waals surface area contributed by atoms with Crippen LogP contribution in [0.1, 0.15) is 0 Å². The summed E-state index contributed by atoms with van der Waals surface area (Å²) in [5.41, 5.74) is 0. The fourth-order valence-corrected chi connectivity index (χ4v) is 1.43. The SMILES string of the molecule is SCC(CS)Oc1ccccc1. The predicted octanol–water partition coefficient (Wildman–Crippen LogP) is 2.29. The largest absolute Gasteiger partial charge is 0.489 e. The van der Waals surface area contributed by atoms with Crippen LogP contribution in [-0.4, -0.2) is 17.6 Å². The van der Waals surface area contributed by atoms with Gasteiger partial charge in [0, 0.05) is 11.5 Å². The lowest BCUT2D eigenvalue weighted by atomic mass is 10.3. The van der Waals surface area contributed by atoms with Crippen molar-refractivity contribution in [3.8, 4) is 5.75 Å². The number of hydrogen-bond donors (Lipinski definition) is 2. The number of ether oxygens (including phenoxy) is 1. The van der Waals surface area contributed by atoms with Crippen LogP contribution < -0.4 is 4.74 Å². The fraction of sp³-hybridized carbons (Fsp3) is 0.333. The summed E-state index contributed by atoms with van der Waals surface area (Å²) in [6.07, 6.45) is 0.0964. The van der Waals surface area contributed by atoms with Gasteiger partial charge in [-0.3, -0.25) is 0 Å². The third-order valence-electron chi connectivity index (χ3n) is 1.45. The van der Waals surface area contributed by atoms with Crippen molar-refractivity contribution < 1.29 is 4.74 Å². The molecule has 1 aromatic rings. The summed E-state index contributed by atoms with van der Waals surface area (Å²) in [7, 11) is 0. The molecule has 1 nitrogen and oxygen atoms in total. The van der Waals surface area contributed by atoms with Crippen LogP contribution >= 0.6 is 25.3 Å². The van der Waals surface area contributed by atoms with E-state index in [0.29, 0.717) is 11.5 Å². The summed E-state index contributed by atoms with van der Waals surface area (Å²) in [5, 5.41) is 0. The molecular weight excluding hydrogens is 188 g/mol. The van der Waals surface area contributed by atoms with E-state index in [4.69, 9.17) is 4.74 Å². The van der Waals surface area contributed by atoms with Gasteiger partial charge in [-0.2, -0.15) is 25.3 Å². The molecule has 0 heterocycles. The highest BCUT2D eigenvalue weighted by Crippen LogP contribution is 2.11. The van der Waals surface area contributed by atoms with E-state index in [1.165, 1.54) is 0 Å². The van der Waals surface area contributed by atoms with Gasteiger partial charge in [-0.25, -0.2) is 0 Å². The minimum absolute atomic E-state index is 0.0964. The highest BCUT2D eigenvalue weighted by Gasteiger charge is 2.04. The van der Waals surface area contributed by atoms with E-state index in [1.54, 1.807) is 0 Å². The molecule has 0 aliphatic heterocycles. The normalized spacial score (nSPS) is 10.2. The standard InChI is InChI=1S/C9H12OS2/c11-6-9(7-12)10-8-4-2-1-3-5-8/h1-5,9,11-12H,6-7H2. The zero-order valence-electron chi connectivity index (χ0n) is 6.68. The fourth-order valence-electron chi connectivity index (χ4n) is 0.824. The molecule has 1 aromatic carbocycles. The molecule has 0 aliphatic rings. The number of rotatable bonds is 4. The maximum absolute atomic E-state index is 5.56. The second-order valence-corrected chi connectivity index (χ2v) is 3.15. The number of thiol groups is 2. The average Bonchev–Trinajstić information content (AvgIpc) is 2.16. The maximum Gasteiger partial charge on any atom is 0.119 e. The molecule has 0 N–H and O–H groups in total. The molecule has 0 saturated carbocycles. The Morgan fingerprint density at radius 3 is 2.17 bits per heavy atom. The topological polar surface area (TPSA) is 9.23 Å². The summed E-state index contributed by atoms with van der Waals surface area (Å²) >= 11 is 8.30. The average molecular weight is 200 g/mol. The quantitative estimate of drug-likeness (QED) is 0.709. The van der Waals surface area contributed by atoms with Gasteiger partial charge < -0.3 is 4.74 Å². The van der Waals surface area contributed by atoms with Crippen molar-refractivity contribution in [3.63, 3.8) is 0 Å².